The van der Waals surface area contributed by atoms with E-state index in [1.54, 1.807) is 6.07 Å². The zero-order chi connectivity index (χ0) is 22.5. The third-order valence-electron chi connectivity index (χ3n) is 6.49. The van der Waals surface area contributed by atoms with Crippen LogP contribution in [0.15, 0.2) is 77.7 Å². The molecule has 1 aliphatic heterocycles. The lowest BCUT2D eigenvalue weighted by atomic mass is 9.77. The molecule has 0 spiro atoms. The Bertz CT molecular complexity index is 1330. The van der Waals surface area contributed by atoms with E-state index in [1.807, 2.05) is 62.4 Å². The second-order valence-corrected chi connectivity index (χ2v) is 10.8. The van der Waals surface area contributed by atoms with E-state index < -0.39 is 10.0 Å². The monoisotopic (exact) mass is 464 g/mol. The molecule has 3 atom stereocenters. The molecule has 1 aliphatic carbocycles. The van der Waals surface area contributed by atoms with Crippen molar-refractivity contribution in [1.82, 2.24) is 0 Å². The first kappa shape index (κ1) is 21.1. The Labute approximate surface area is 194 Å². The van der Waals surface area contributed by atoms with Crippen LogP contribution in [0.1, 0.15) is 40.6 Å². The van der Waals surface area contributed by atoms with E-state index in [2.05, 4.69) is 28.3 Å². The average Bonchev–Trinajstić information content (AvgIpc) is 3.25. The molecule has 0 radical (unpaired) electrons. The minimum absolute atomic E-state index is 0.122. The molecule has 4 nitrogen and oxygen atoms in total. The molecular formula is C26H25ClN2O2S. The molecule has 0 bridgehead atoms. The molecule has 0 saturated heterocycles. The summed E-state index contributed by atoms with van der Waals surface area (Å²) in [5.41, 5.74) is 5.64. The zero-order valence-corrected chi connectivity index (χ0v) is 19.5. The highest BCUT2D eigenvalue weighted by Gasteiger charge is 2.38. The van der Waals surface area contributed by atoms with Crippen molar-refractivity contribution in [2.75, 3.05) is 10.0 Å². The predicted octanol–water partition coefficient (Wildman–Crippen LogP) is 6.58. The molecule has 6 heteroatoms. The van der Waals surface area contributed by atoms with E-state index in [0.717, 1.165) is 39.4 Å². The van der Waals surface area contributed by atoms with Crippen LogP contribution in [0.25, 0.3) is 0 Å². The van der Waals surface area contributed by atoms with Crippen molar-refractivity contribution in [3.05, 3.63) is 100 Å². The Morgan fingerprint density at radius 3 is 2.69 bits per heavy atom. The topological polar surface area (TPSA) is 58.2 Å². The van der Waals surface area contributed by atoms with Gasteiger partial charge in [-0.2, -0.15) is 0 Å². The number of allylic oxidation sites excluding steroid dienone is 2. The van der Waals surface area contributed by atoms with E-state index in [1.165, 1.54) is 0 Å². The highest BCUT2D eigenvalue weighted by atomic mass is 35.5. The van der Waals surface area contributed by atoms with Gasteiger partial charge in [0.25, 0.3) is 10.0 Å². The summed E-state index contributed by atoms with van der Waals surface area (Å²) in [6, 6.07) is 19.2. The predicted molar refractivity (Wildman–Crippen MR) is 131 cm³/mol. The molecule has 2 aliphatic rings. The fourth-order valence-electron chi connectivity index (χ4n) is 4.82. The molecule has 5 rings (SSSR count). The van der Waals surface area contributed by atoms with Crippen LogP contribution >= 0.6 is 11.6 Å². The van der Waals surface area contributed by atoms with E-state index in [0.29, 0.717) is 11.6 Å². The molecule has 0 aromatic heterocycles. The van der Waals surface area contributed by atoms with Gasteiger partial charge < -0.3 is 5.32 Å². The first-order valence-corrected chi connectivity index (χ1v) is 12.6. The average molecular weight is 465 g/mol. The Morgan fingerprint density at radius 1 is 1.03 bits per heavy atom. The van der Waals surface area contributed by atoms with Gasteiger partial charge in [0.05, 0.1) is 16.6 Å². The molecule has 0 amide bonds. The summed E-state index contributed by atoms with van der Waals surface area (Å²) < 4.78 is 29.2. The van der Waals surface area contributed by atoms with Gasteiger partial charge in [-0.1, -0.05) is 48.0 Å². The molecule has 1 heterocycles. The van der Waals surface area contributed by atoms with Gasteiger partial charge in [0, 0.05) is 16.6 Å². The molecule has 164 valence electrons. The third-order valence-corrected chi connectivity index (χ3v) is 8.09. The molecule has 0 fully saturated rings. The quantitative estimate of drug-likeness (QED) is 0.428. The minimum Gasteiger partial charge on any atom is -0.378 e. The van der Waals surface area contributed by atoms with Crippen molar-refractivity contribution < 1.29 is 8.42 Å². The van der Waals surface area contributed by atoms with Gasteiger partial charge >= 0.3 is 0 Å². The van der Waals surface area contributed by atoms with Gasteiger partial charge in [-0.3, -0.25) is 4.72 Å². The second-order valence-electron chi connectivity index (χ2n) is 8.70. The number of anilines is 2. The van der Waals surface area contributed by atoms with Crippen molar-refractivity contribution in [3.63, 3.8) is 0 Å². The molecular weight excluding hydrogens is 440 g/mol. The maximum Gasteiger partial charge on any atom is 0.261 e. The van der Waals surface area contributed by atoms with Gasteiger partial charge in [-0.25, -0.2) is 8.42 Å². The van der Waals surface area contributed by atoms with Gasteiger partial charge in [-0.15, -0.1) is 0 Å². The lowest BCUT2D eigenvalue weighted by molar-refractivity contribution is 0.425. The number of hydrogen-bond donors (Lipinski definition) is 2. The molecule has 2 N–H and O–H groups in total. The Kier molecular flexibility index (Phi) is 5.26. The van der Waals surface area contributed by atoms with Crippen molar-refractivity contribution in [1.29, 1.82) is 0 Å². The largest absolute Gasteiger partial charge is 0.378 e. The van der Waals surface area contributed by atoms with Gasteiger partial charge in [0.1, 0.15) is 0 Å². The maximum atomic E-state index is 13.2. The fraction of sp³-hybridized carbons (Fsp3) is 0.231. The highest BCUT2D eigenvalue weighted by Crippen LogP contribution is 2.50. The second kappa shape index (κ2) is 7.98. The van der Waals surface area contributed by atoms with E-state index in [4.69, 9.17) is 11.6 Å². The fourth-order valence-corrected chi connectivity index (χ4v) is 6.17. The number of aryl methyl sites for hydroxylation is 2. The van der Waals surface area contributed by atoms with Crippen LogP contribution in [0, 0.1) is 19.8 Å². The summed E-state index contributed by atoms with van der Waals surface area (Å²) in [6.45, 7) is 3.85. The number of nitrogens with one attached hydrogen (secondary N) is 2. The Balaban J connectivity index is 1.50. The van der Waals surface area contributed by atoms with Crippen molar-refractivity contribution in [2.45, 2.75) is 37.1 Å². The molecule has 3 aromatic rings. The minimum atomic E-state index is -3.71. The van der Waals surface area contributed by atoms with Crippen molar-refractivity contribution in [3.8, 4) is 0 Å². The first-order chi connectivity index (χ1) is 15.3. The van der Waals surface area contributed by atoms with Crippen LogP contribution < -0.4 is 10.0 Å². The number of hydrogen-bond acceptors (Lipinski definition) is 3. The highest BCUT2D eigenvalue weighted by molar-refractivity contribution is 7.92. The molecule has 0 saturated carbocycles. The third kappa shape index (κ3) is 3.80. The number of fused-ring (bicyclic) bond motifs is 3. The standard InChI is InChI=1S/C26H25ClN2O2S/c1-16-9-10-17(2)25(13-16)29-32(30,31)20-11-12-24-23(15-20)21-7-4-8-22(21)26(28-24)18-5-3-6-19(27)14-18/h3-7,9-15,21-22,26,28-29H,8H2,1-2H3/t21-,22+,26+/m1/s1. The number of benzene rings is 3. The lowest BCUT2D eigenvalue weighted by Gasteiger charge is -2.37. The molecule has 32 heavy (non-hydrogen) atoms. The van der Waals surface area contributed by atoms with Crippen LogP contribution in [0.3, 0.4) is 0 Å². The Morgan fingerprint density at radius 2 is 1.88 bits per heavy atom. The van der Waals surface area contributed by atoms with Crippen molar-refractivity contribution >= 4 is 33.0 Å². The SMILES string of the molecule is Cc1ccc(C)c(NS(=O)(=O)c2ccc3c(c2)[C@@H]2C=CC[C@@H]2[C@H](c2cccc(Cl)c2)N3)c1. The summed E-state index contributed by atoms with van der Waals surface area (Å²) in [6.07, 6.45) is 5.33. The van der Waals surface area contributed by atoms with Crippen LogP contribution in [0.4, 0.5) is 11.4 Å². The summed E-state index contributed by atoms with van der Waals surface area (Å²) in [5.74, 6) is 0.469. The molecule has 0 unspecified atom stereocenters. The van der Waals surface area contributed by atoms with Crippen molar-refractivity contribution in [2.24, 2.45) is 5.92 Å². The van der Waals surface area contributed by atoms with Crippen LogP contribution in [-0.2, 0) is 10.0 Å². The summed E-state index contributed by atoms with van der Waals surface area (Å²) in [5, 5.41) is 4.36. The summed E-state index contributed by atoms with van der Waals surface area (Å²) >= 11 is 6.25. The van der Waals surface area contributed by atoms with Crippen LogP contribution in [0.5, 0.6) is 0 Å². The Hall–Kier alpha value is -2.76. The van der Waals surface area contributed by atoms with Crippen LogP contribution in [-0.4, -0.2) is 8.42 Å². The van der Waals surface area contributed by atoms with E-state index in [-0.39, 0.29) is 16.9 Å². The van der Waals surface area contributed by atoms with E-state index >= 15 is 0 Å². The van der Waals surface area contributed by atoms with Crippen LogP contribution in [0.2, 0.25) is 5.02 Å². The molecule has 3 aromatic carbocycles. The van der Waals surface area contributed by atoms with E-state index in [9.17, 15) is 8.42 Å². The van der Waals surface area contributed by atoms with Gasteiger partial charge in [0.2, 0.25) is 0 Å². The normalized spacial score (nSPS) is 21.5. The number of halogens is 1. The smallest absolute Gasteiger partial charge is 0.261 e. The van der Waals surface area contributed by atoms with Gasteiger partial charge in [0.15, 0.2) is 0 Å². The first-order valence-electron chi connectivity index (χ1n) is 10.7. The zero-order valence-electron chi connectivity index (χ0n) is 18.0. The number of sulfonamides is 1. The maximum absolute atomic E-state index is 13.2. The number of rotatable bonds is 4. The summed E-state index contributed by atoms with van der Waals surface area (Å²) in [7, 11) is -3.71. The lowest BCUT2D eigenvalue weighted by Crippen LogP contribution is -2.29. The van der Waals surface area contributed by atoms with Gasteiger partial charge in [-0.05, 0) is 84.8 Å². The summed E-state index contributed by atoms with van der Waals surface area (Å²) in [4.78, 5) is 0.277.